The Bertz CT molecular complexity index is 273. The first-order valence-corrected chi connectivity index (χ1v) is 3.90. The van der Waals surface area contributed by atoms with Crippen LogP contribution in [-0.4, -0.2) is 13.5 Å². The lowest BCUT2D eigenvalue weighted by molar-refractivity contribution is 0.183. The van der Waals surface area contributed by atoms with Gasteiger partial charge in [-0.3, -0.25) is 0 Å². The fourth-order valence-corrected chi connectivity index (χ4v) is 0.896. The first-order valence-electron chi connectivity index (χ1n) is 3.90. The van der Waals surface area contributed by atoms with Gasteiger partial charge in [-0.15, -0.1) is 0 Å². The average molecular weight is 182 g/mol. The second kappa shape index (κ2) is 5.19. The van der Waals surface area contributed by atoms with Gasteiger partial charge in [0.1, 0.15) is 6.61 Å². The van der Waals surface area contributed by atoms with Crippen LogP contribution in [0.25, 0.3) is 0 Å². The molecule has 3 heteroatoms. The summed E-state index contributed by atoms with van der Waals surface area (Å²) in [6, 6.07) is 6.92. The van der Waals surface area contributed by atoms with E-state index in [1.807, 2.05) is 0 Å². The number of para-hydroxylation sites is 2. The van der Waals surface area contributed by atoms with Crippen LogP contribution in [0.15, 0.2) is 36.9 Å². The van der Waals surface area contributed by atoms with Crippen molar-refractivity contribution < 1.29 is 13.9 Å². The molecule has 0 fully saturated rings. The van der Waals surface area contributed by atoms with Gasteiger partial charge in [-0.25, -0.2) is 4.39 Å². The molecule has 0 bridgehead atoms. The monoisotopic (exact) mass is 182 g/mol. The molecular weight excluding hydrogens is 171 g/mol. The van der Waals surface area contributed by atoms with Gasteiger partial charge < -0.3 is 9.47 Å². The topological polar surface area (TPSA) is 18.5 Å². The zero-order valence-electron chi connectivity index (χ0n) is 7.20. The number of hydrogen-bond acceptors (Lipinski definition) is 2. The lowest BCUT2D eigenvalue weighted by Crippen LogP contribution is -1.97. The summed E-state index contributed by atoms with van der Waals surface area (Å²) in [5.74, 6) is 0.937. The Kier molecular flexibility index (Phi) is 3.82. The average Bonchev–Trinajstić information content (AvgIpc) is 2.17. The van der Waals surface area contributed by atoms with Crippen molar-refractivity contribution in [2.24, 2.45) is 0 Å². The zero-order chi connectivity index (χ0) is 9.52. The quantitative estimate of drug-likeness (QED) is 0.651. The third-order valence-electron chi connectivity index (χ3n) is 1.42. The van der Waals surface area contributed by atoms with Gasteiger partial charge in [-0.05, 0) is 12.1 Å². The fourth-order valence-electron chi connectivity index (χ4n) is 0.896. The SMILES string of the molecule is C=CCOc1ccccc1OCF. The minimum Gasteiger partial charge on any atom is -0.486 e. The van der Waals surface area contributed by atoms with Crippen LogP contribution in [0, 0.1) is 0 Å². The number of ether oxygens (including phenoxy) is 2. The molecule has 0 saturated carbocycles. The largest absolute Gasteiger partial charge is 0.486 e. The van der Waals surface area contributed by atoms with Crippen molar-refractivity contribution in [3.8, 4) is 11.5 Å². The molecule has 0 aliphatic rings. The Labute approximate surface area is 76.6 Å². The molecule has 0 heterocycles. The van der Waals surface area contributed by atoms with E-state index in [0.29, 0.717) is 18.1 Å². The van der Waals surface area contributed by atoms with E-state index in [0.717, 1.165) is 0 Å². The molecule has 0 amide bonds. The predicted octanol–water partition coefficient (Wildman–Crippen LogP) is 2.56. The van der Waals surface area contributed by atoms with Gasteiger partial charge in [0.2, 0.25) is 6.86 Å². The Morgan fingerprint density at radius 1 is 1.23 bits per heavy atom. The molecule has 0 spiro atoms. The molecular formula is C10H11FO2. The second-order valence-corrected chi connectivity index (χ2v) is 2.30. The number of hydrogen-bond donors (Lipinski definition) is 0. The summed E-state index contributed by atoms with van der Waals surface area (Å²) in [7, 11) is 0. The molecule has 1 aromatic rings. The lowest BCUT2D eigenvalue weighted by atomic mass is 10.3. The van der Waals surface area contributed by atoms with E-state index in [9.17, 15) is 4.39 Å². The van der Waals surface area contributed by atoms with Crippen molar-refractivity contribution >= 4 is 0 Å². The van der Waals surface area contributed by atoms with Crippen LogP contribution in [0.1, 0.15) is 0 Å². The van der Waals surface area contributed by atoms with Gasteiger partial charge in [0.25, 0.3) is 0 Å². The van der Waals surface area contributed by atoms with Gasteiger partial charge in [-0.2, -0.15) is 0 Å². The number of benzene rings is 1. The van der Waals surface area contributed by atoms with Gasteiger partial charge in [0.15, 0.2) is 11.5 Å². The minimum absolute atomic E-state index is 0.382. The maximum Gasteiger partial charge on any atom is 0.228 e. The summed E-state index contributed by atoms with van der Waals surface area (Å²) in [4.78, 5) is 0. The molecule has 2 nitrogen and oxygen atoms in total. The third-order valence-corrected chi connectivity index (χ3v) is 1.42. The van der Waals surface area contributed by atoms with E-state index in [4.69, 9.17) is 9.47 Å². The zero-order valence-corrected chi connectivity index (χ0v) is 7.20. The minimum atomic E-state index is -0.853. The van der Waals surface area contributed by atoms with E-state index < -0.39 is 6.86 Å². The predicted molar refractivity (Wildman–Crippen MR) is 48.7 cm³/mol. The van der Waals surface area contributed by atoms with E-state index in [1.165, 1.54) is 0 Å². The first-order chi connectivity index (χ1) is 6.38. The van der Waals surface area contributed by atoms with Crippen LogP contribution < -0.4 is 9.47 Å². The Hall–Kier alpha value is -1.51. The van der Waals surface area contributed by atoms with Crippen molar-refractivity contribution in [1.82, 2.24) is 0 Å². The highest BCUT2D eigenvalue weighted by atomic mass is 19.1. The maximum absolute atomic E-state index is 11.9. The van der Waals surface area contributed by atoms with Crippen molar-refractivity contribution in [2.75, 3.05) is 13.5 Å². The number of rotatable bonds is 5. The van der Waals surface area contributed by atoms with Crippen LogP contribution >= 0.6 is 0 Å². The molecule has 0 unspecified atom stereocenters. The first kappa shape index (κ1) is 9.58. The van der Waals surface area contributed by atoms with Crippen molar-refractivity contribution in [3.63, 3.8) is 0 Å². The van der Waals surface area contributed by atoms with Gasteiger partial charge in [-0.1, -0.05) is 24.8 Å². The highest BCUT2D eigenvalue weighted by Crippen LogP contribution is 2.26. The Balaban J connectivity index is 2.71. The molecule has 0 atom stereocenters. The molecule has 0 radical (unpaired) electrons. The molecule has 0 aliphatic carbocycles. The van der Waals surface area contributed by atoms with Crippen molar-refractivity contribution in [3.05, 3.63) is 36.9 Å². The van der Waals surface area contributed by atoms with Crippen LogP contribution in [0.3, 0.4) is 0 Å². The number of alkyl halides is 1. The van der Waals surface area contributed by atoms with Crippen molar-refractivity contribution in [2.45, 2.75) is 0 Å². The van der Waals surface area contributed by atoms with Gasteiger partial charge in [0, 0.05) is 0 Å². The Morgan fingerprint density at radius 2 is 1.85 bits per heavy atom. The van der Waals surface area contributed by atoms with Crippen LogP contribution in [0.4, 0.5) is 4.39 Å². The van der Waals surface area contributed by atoms with Gasteiger partial charge in [0.05, 0.1) is 0 Å². The molecule has 0 N–H and O–H groups in total. The van der Waals surface area contributed by atoms with Gasteiger partial charge >= 0.3 is 0 Å². The van der Waals surface area contributed by atoms with Crippen LogP contribution in [0.2, 0.25) is 0 Å². The normalized spacial score (nSPS) is 9.31. The van der Waals surface area contributed by atoms with Crippen molar-refractivity contribution in [1.29, 1.82) is 0 Å². The molecule has 13 heavy (non-hydrogen) atoms. The molecule has 1 aromatic carbocycles. The third kappa shape index (κ3) is 2.78. The molecule has 0 aromatic heterocycles. The summed E-state index contributed by atoms with van der Waals surface area (Å²) in [5, 5.41) is 0. The maximum atomic E-state index is 11.9. The summed E-state index contributed by atoms with van der Waals surface area (Å²) in [5.41, 5.74) is 0. The highest BCUT2D eigenvalue weighted by molar-refractivity contribution is 5.39. The van der Waals surface area contributed by atoms with E-state index in [2.05, 4.69) is 6.58 Å². The van der Waals surface area contributed by atoms with E-state index >= 15 is 0 Å². The van der Waals surface area contributed by atoms with E-state index in [1.54, 1.807) is 30.3 Å². The molecule has 0 aliphatic heterocycles. The number of halogens is 1. The van der Waals surface area contributed by atoms with E-state index in [-0.39, 0.29) is 0 Å². The summed E-state index contributed by atoms with van der Waals surface area (Å²) in [6.07, 6.45) is 1.62. The molecule has 0 saturated heterocycles. The highest BCUT2D eigenvalue weighted by Gasteiger charge is 2.01. The van der Waals surface area contributed by atoms with Crippen LogP contribution in [0.5, 0.6) is 11.5 Å². The lowest BCUT2D eigenvalue weighted by Gasteiger charge is -2.08. The smallest absolute Gasteiger partial charge is 0.228 e. The fraction of sp³-hybridized carbons (Fsp3) is 0.200. The standard InChI is InChI=1S/C10H11FO2/c1-2-7-12-9-5-3-4-6-10(9)13-8-11/h2-6H,1,7-8H2. The summed E-state index contributed by atoms with van der Waals surface area (Å²) < 4.78 is 21.8. The summed E-state index contributed by atoms with van der Waals surface area (Å²) >= 11 is 0. The second-order valence-electron chi connectivity index (χ2n) is 2.30. The molecule has 70 valence electrons. The Morgan fingerprint density at radius 3 is 2.38 bits per heavy atom. The molecule has 1 rings (SSSR count). The summed E-state index contributed by atoms with van der Waals surface area (Å²) in [6.45, 7) is 3.04. The van der Waals surface area contributed by atoms with Crippen LogP contribution in [-0.2, 0) is 0 Å².